The van der Waals surface area contributed by atoms with Gasteiger partial charge >= 0.3 is 39.5 Å². The molecule has 0 aromatic heterocycles. The Morgan fingerprint density at radius 2 is 0.529 bits per heavy atom. The number of hydrogen-bond donors (Lipinski definition) is 3. The second kappa shape index (κ2) is 74.5. The summed E-state index contributed by atoms with van der Waals surface area (Å²) in [6.07, 6.45) is 83.1. The van der Waals surface area contributed by atoms with E-state index in [0.717, 1.165) is 135 Å². The summed E-state index contributed by atoms with van der Waals surface area (Å²) in [6.45, 7) is 4.50. The van der Waals surface area contributed by atoms with Gasteiger partial charge < -0.3 is 33.8 Å². The van der Waals surface area contributed by atoms with Crippen molar-refractivity contribution in [1.82, 2.24) is 0 Å². The van der Waals surface area contributed by atoms with E-state index in [1.807, 2.05) is 18.2 Å². The van der Waals surface area contributed by atoms with E-state index in [9.17, 15) is 43.2 Å². The molecule has 19 heteroatoms. The van der Waals surface area contributed by atoms with Gasteiger partial charge in [0.05, 0.1) is 26.4 Å². The first kappa shape index (κ1) is 97.2. The van der Waals surface area contributed by atoms with Gasteiger partial charge in [-0.25, -0.2) is 9.13 Å². The molecule has 0 saturated carbocycles. The van der Waals surface area contributed by atoms with Crippen molar-refractivity contribution in [2.45, 2.75) is 329 Å². The van der Waals surface area contributed by atoms with Gasteiger partial charge in [0.1, 0.15) is 19.3 Å². The molecule has 0 rings (SSSR count). The van der Waals surface area contributed by atoms with Gasteiger partial charge in [-0.1, -0.05) is 290 Å². The number of carbonyl (C=O) groups is 4. The number of unbranched alkanes of at least 4 members (excludes halogenated alkanes) is 25. The summed E-state index contributed by atoms with van der Waals surface area (Å²) in [5.74, 6) is -2.33. The van der Waals surface area contributed by atoms with Crippen LogP contribution in [-0.2, 0) is 65.4 Å². The Kier molecular flexibility index (Phi) is 71.0. The van der Waals surface area contributed by atoms with Crippen LogP contribution in [0.5, 0.6) is 0 Å². The fourth-order valence-electron chi connectivity index (χ4n) is 10.2. The monoisotopic (exact) mass is 1470 g/mol. The van der Waals surface area contributed by atoms with E-state index in [1.165, 1.54) is 89.9 Å². The number of rotatable bonds is 73. The summed E-state index contributed by atoms with van der Waals surface area (Å²) in [6, 6.07) is 0. The molecule has 5 unspecified atom stereocenters. The third kappa shape index (κ3) is 73.5. The van der Waals surface area contributed by atoms with E-state index in [-0.39, 0.29) is 25.7 Å². The molecule has 0 aliphatic heterocycles. The number of carbonyl (C=O) groups excluding carboxylic acids is 4. The van der Waals surface area contributed by atoms with Crippen molar-refractivity contribution in [3.8, 4) is 0 Å². The van der Waals surface area contributed by atoms with Crippen LogP contribution in [0.3, 0.4) is 0 Å². The van der Waals surface area contributed by atoms with Crippen molar-refractivity contribution in [1.29, 1.82) is 0 Å². The maximum atomic E-state index is 13.1. The lowest BCUT2D eigenvalue weighted by atomic mass is 10.0. The summed E-state index contributed by atoms with van der Waals surface area (Å²) < 4.78 is 68.4. The van der Waals surface area contributed by atoms with E-state index in [1.54, 1.807) is 0 Å². The van der Waals surface area contributed by atoms with Crippen LogP contribution in [0.1, 0.15) is 310 Å². The highest BCUT2D eigenvalue weighted by atomic mass is 31.2. The minimum atomic E-state index is -5.00. The maximum Gasteiger partial charge on any atom is 0.472 e. The molecule has 0 saturated heterocycles. The molecule has 0 spiro atoms. The second-order valence-electron chi connectivity index (χ2n) is 25.9. The molecule has 0 radical (unpaired) electrons. The first-order valence-corrected chi connectivity index (χ1v) is 42.4. The zero-order valence-electron chi connectivity index (χ0n) is 63.7. The molecule has 0 aliphatic carbocycles. The molecule has 584 valence electrons. The Morgan fingerprint density at radius 1 is 0.284 bits per heavy atom. The molecule has 0 amide bonds. The van der Waals surface area contributed by atoms with Crippen molar-refractivity contribution >= 4 is 39.5 Å². The van der Waals surface area contributed by atoms with Crippen LogP contribution in [0.25, 0.3) is 0 Å². The van der Waals surface area contributed by atoms with Gasteiger partial charge in [0.2, 0.25) is 0 Å². The predicted molar refractivity (Wildman–Crippen MR) is 418 cm³/mol. The number of aliphatic hydroxyl groups is 1. The number of esters is 4. The first-order valence-electron chi connectivity index (χ1n) is 39.4. The van der Waals surface area contributed by atoms with Gasteiger partial charge in [-0.2, -0.15) is 0 Å². The lowest BCUT2D eigenvalue weighted by Gasteiger charge is -2.21. The molecule has 0 aliphatic rings. The lowest BCUT2D eigenvalue weighted by Crippen LogP contribution is -2.30. The van der Waals surface area contributed by atoms with Gasteiger partial charge in [0.15, 0.2) is 12.2 Å². The van der Waals surface area contributed by atoms with Crippen LogP contribution in [0, 0.1) is 0 Å². The van der Waals surface area contributed by atoms with E-state index >= 15 is 0 Å². The normalized spacial score (nSPS) is 14.6. The van der Waals surface area contributed by atoms with Crippen molar-refractivity contribution in [3.05, 3.63) is 134 Å². The number of hydrogen-bond acceptors (Lipinski definition) is 15. The summed E-state index contributed by atoms with van der Waals surface area (Å²) in [5.41, 5.74) is 0. The quantitative estimate of drug-likeness (QED) is 0.0169. The standard InChI is InChI=1S/C83H140O17P2/c1-5-9-13-17-21-25-29-33-36-37-38-39-42-45-48-52-56-60-64-68-81(86)94-74-79(100-83(88)70-66-62-58-54-50-46-41-35-31-27-23-19-15-11-7-3)76-98-102(91,92)96-72-77(84)71-95-101(89,90)97-75-78(99-82(87)69-65-61-57-53-49-43-32-28-24-20-16-12-8-4)73-93-80(85)67-63-59-55-51-47-44-40-34-30-26-22-18-14-10-6-2/h9-10,13-14,21-22,25-26,28,32-34,36,38-40,45,47-48,51,56,60,77-79,84H,5-8,11-12,15-20,23-24,27,29-31,35,37,41-44,46,49-50,52-55,57-59,61-76H2,1-4H3,(H,89,90)(H,91,92)/b13-9-,14-10-,25-21-,26-22-,32-28-,36-33-,39-38-,40-34-,48-45-,51-47-,60-56-. The molecule has 17 nitrogen and oxygen atoms in total. The minimum absolute atomic E-state index is 0.0346. The Labute approximate surface area is 618 Å². The fraction of sp³-hybridized carbons (Fsp3) is 0.687. The molecular weight excluding hydrogens is 1330 g/mol. The Balaban J connectivity index is 5.44. The zero-order valence-corrected chi connectivity index (χ0v) is 65.5. The molecule has 3 N–H and O–H groups in total. The van der Waals surface area contributed by atoms with Crippen molar-refractivity contribution < 1.29 is 80.2 Å². The number of ether oxygens (including phenoxy) is 4. The summed E-state index contributed by atoms with van der Waals surface area (Å²) in [4.78, 5) is 72.9. The molecule has 0 fully saturated rings. The van der Waals surface area contributed by atoms with Gasteiger partial charge in [0, 0.05) is 25.7 Å². The van der Waals surface area contributed by atoms with Crippen LogP contribution in [-0.4, -0.2) is 96.7 Å². The zero-order chi connectivity index (χ0) is 74.6. The SMILES string of the molecule is CC/C=C\C/C=C\C/C=C\C/C=C\C/C=C\C/C=C\CCC(=O)OCC(COP(=O)(O)OCC(O)COP(=O)(O)OCC(COC(=O)CCCC/C=C\C/C=C\C/C=C\C/C=C\CC)OC(=O)CCCCCCC/C=C\CCCCCC)OC(=O)CCCCCCCCCCCCCCCCC. The molecule has 0 aromatic rings. The van der Waals surface area contributed by atoms with Gasteiger partial charge in [-0.15, -0.1) is 0 Å². The van der Waals surface area contributed by atoms with Crippen LogP contribution >= 0.6 is 15.6 Å². The highest BCUT2D eigenvalue weighted by Gasteiger charge is 2.30. The fourth-order valence-corrected chi connectivity index (χ4v) is 11.8. The molecule has 0 bridgehead atoms. The lowest BCUT2D eigenvalue weighted by molar-refractivity contribution is -0.161. The third-order valence-electron chi connectivity index (χ3n) is 16.1. The Hall–Kier alpha value is -4.80. The van der Waals surface area contributed by atoms with Gasteiger partial charge in [-0.3, -0.25) is 37.3 Å². The smallest absolute Gasteiger partial charge is 0.462 e. The average Bonchev–Trinajstić information content (AvgIpc) is 0.924. The van der Waals surface area contributed by atoms with Crippen LogP contribution in [0.15, 0.2) is 134 Å². The minimum Gasteiger partial charge on any atom is -0.462 e. The van der Waals surface area contributed by atoms with Crippen molar-refractivity contribution in [2.24, 2.45) is 0 Å². The molecule has 5 atom stereocenters. The van der Waals surface area contributed by atoms with E-state index in [4.69, 9.17) is 37.0 Å². The highest BCUT2D eigenvalue weighted by molar-refractivity contribution is 7.47. The van der Waals surface area contributed by atoms with Crippen molar-refractivity contribution in [2.75, 3.05) is 39.6 Å². The van der Waals surface area contributed by atoms with E-state index in [0.29, 0.717) is 32.1 Å². The summed E-state index contributed by atoms with van der Waals surface area (Å²) in [5, 5.41) is 10.6. The predicted octanol–water partition coefficient (Wildman–Crippen LogP) is 22.9. The van der Waals surface area contributed by atoms with Crippen molar-refractivity contribution in [3.63, 3.8) is 0 Å². The topological polar surface area (TPSA) is 237 Å². The molecule has 0 aromatic carbocycles. The van der Waals surface area contributed by atoms with E-state index < -0.39 is 97.5 Å². The number of allylic oxidation sites excluding steroid dienone is 22. The summed E-state index contributed by atoms with van der Waals surface area (Å²) >= 11 is 0. The molecular formula is C83H140O17P2. The number of aliphatic hydroxyl groups excluding tert-OH is 1. The molecule has 102 heavy (non-hydrogen) atoms. The Bertz CT molecular complexity index is 2460. The van der Waals surface area contributed by atoms with Gasteiger partial charge in [-0.05, 0) is 128 Å². The Morgan fingerprint density at radius 3 is 0.882 bits per heavy atom. The average molecular weight is 1470 g/mol. The highest BCUT2D eigenvalue weighted by Crippen LogP contribution is 2.45. The largest absolute Gasteiger partial charge is 0.472 e. The molecule has 0 heterocycles. The number of phosphoric acid groups is 2. The summed E-state index contributed by atoms with van der Waals surface area (Å²) in [7, 11) is -9.99. The third-order valence-corrected chi connectivity index (χ3v) is 18.0. The van der Waals surface area contributed by atoms with Gasteiger partial charge in [0.25, 0.3) is 0 Å². The van der Waals surface area contributed by atoms with Crippen LogP contribution in [0.4, 0.5) is 0 Å². The van der Waals surface area contributed by atoms with E-state index in [2.05, 4.69) is 143 Å². The first-order chi connectivity index (χ1) is 49.7. The second-order valence-corrected chi connectivity index (χ2v) is 28.8. The number of phosphoric ester groups is 2. The maximum absolute atomic E-state index is 13.1. The van der Waals surface area contributed by atoms with Crippen LogP contribution in [0.2, 0.25) is 0 Å². The van der Waals surface area contributed by atoms with Crippen LogP contribution < -0.4 is 0 Å².